The van der Waals surface area contributed by atoms with Crippen molar-refractivity contribution in [3.8, 4) is 0 Å². The average Bonchev–Trinajstić information content (AvgIpc) is 3.07. The lowest BCUT2D eigenvalue weighted by Gasteiger charge is -2.25. The van der Waals surface area contributed by atoms with Crippen LogP contribution in [-0.4, -0.2) is 58.0 Å². The largest absolute Gasteiger partial charge is 0.354 e. The van der Waals surface area contributed by atoms with Gasteiger partial charge in [-0.2, -0.15) is 0 Å². The van der Waals surface area contributed by atoms with E-state index in [9.17, 15) is 4.79 Å². The molecule has 26 heavy (non-hydrogen) atoms. The van der Waals surface area contributed by atoms with E-state index in [-0.39, 0.29) is 12.5 Å². The van der Waals surface area contributed by atoms with Crippen molar-refractivity contribution in [3.05, 3.63) is 30.2 Å². The van der Waals surface area contributed by atoms with Gasteiger partial charge in [-0.15, -0.1) is 10.2 Å². The standard InChI is InChI=1S/C18H27N7O/c1-24(2)17(26)13-20-18(21-14-8-4-3-5-9-14)19-12-16-23-22-15-10-6-7-11-25(15)16/h6-7,10-11,14H,3-5,8-9,12-13H2,1-2H3,(H2,19,20,21). The van der Waals surface area contributed by atoms with Crippen molar-refractivity contribution in [1.82, 2.24) is 30.1 Å². The highest BCUT2D eigenvalue weighted by atomic mass is 16.2. The smallest absolute Gasteiger partial charge is 0.241 e. The van der Waals surface area contributed by atoms with Crippen molar-refractivity contribution in [2.75, 3.05) is 20.6 Å². The van der Waals surface area contributed by atoms with Crippen LogP contribution in [0.15, 0.2) is 29.4 Å². The summed E-state index contributed by atoms with van der Waals surface area (Å²) in [6, 6.07) is 6.19. The van der Waals surface area contributed by atoms with Gasteiger partial charge in [0.05, 0.1) is 6.54 Å². The summed E-state index contributed by atoms with van der Waals surface area (Å²) in [6.07, 6.45) is 7.96. The van der Waals surface area contributed by atoms with Crippen LogP contribution in [0.5, 0.6) is 0 Å². The molecule has 0 aliphatic heterocycles. The van der Waals surface area contributed by atoms with Crippen LogP contribution >= 0.6 is 0 Å². The number of likely N-dealkylation sites (N-methyl/N-ethyl adjacent to an activating group) is 1. The third-order valence-electron chi connectivity index (χ3n) is 4.61. The van der Waals surface area contributed by atoms with Gasteiger partial charge >= 0.3 is 0 Å². The highest BCUT2D eigenvalue weighted by Gasteiger charge is 2.16. The summed E-state index contributed by atoms with van der Waals surface area (Å²) in [5.41, 5.74) is 0.801. The first-order chi connectivity index (χ1) is 12.6. The molecule has 2 N–H and O–H groups in total. The second-order valence-corrected chi connectivity index (χ2v) is 6.83. The van der Waals surface area contributed by atoms with E-state index in [0.717, 1.165) is 24.3 Å². The predicted molar refractivity (Wildman–Crippen MR) is 101 cm³/mol. The van der Waals surface area contributed by atoms with Crippen LogP contribution in [-0.2, 0) is 11.3 Å². The first-order valence-electron chi connectivity index (χ1n) is 9.17. The van der Waals surface area contributed by atoms with E-state index in [0.29, 0.717) is 18.5 Å². The zero-order valence-electron chi connectivity index (χ0n) is 15.5. The van der Waals surface area contributed by atoms with Crippen LogP contribution in [0.2, 0.25) is 0 Å². The van der Waals surface area contributed by atoms with Gasteiger partial charge in [0, 0.05) is 26.3 Å². The summed E-state index contributed by atoms with van der Waals surface area (Å²) in [5.74, 6) is 1.43. The number of amides is 1. The minimum absolute atomic E-state index is 0.0103. The van der Waals surface area contributed by atoms with E-state index >= 15 is 0 Å². The normalized spacial score (nSPS) is 15.8. The molecule has 0 aromatic carbocycles. The molecule has 0 spiro atoms. The van der Waals surface area contributed by atoms with Crippen LogP contribution in [0, 0.1) is 0 Å². The molecule has 0 radical (unpaired) electrons. The maximum Gasteiger partial charge on any atom is 0.241 e. The molecule has 8 nitrogen and oxygen atoms in total. The van der Waals surface area contributed by atoms with Crippen molar-refractivity contribution in [2.45, 2.75) is 44.7 Å². The van der Waals surface area contributed by atoms with Gasteiger partial charge in [0.15, 0.2) is 17.4 Å². The van der Waals surface area contributed by atoms with Crippen LogP contribution in [0.1, 0.15) is 37.9 Å². The third kappa shape index (κ3) is 4.71. The molecular weight excluding hydrogens is 330 g/mol. The molecule has 0 saturated heterocycles. The van der Waals surface area contributed by atoms with Crippen LogP contribution < -0.4 is 10.6 Å². The number of carbonyl (C=O) groups excluding carboxylic acids is 1. The molecule has 2 aromatic heterocycles. The van der Waals surface area contributed by atoms with Crippen molar-refractivity contribution in [2.24, 2.45) is 4.99 Å². The Balaban J connectivity index is 1.70. The number of aromatic nitrogens is 3. The number of pyridine rings is 1. The Morgan fingerprint density at radius 3 is 2.85 bits per heavy atom. The molecule has 8 heteroatoms. The second-order valence-electron chi connectivity index (χ2n) is 6.83. The SMILES string of the molecule is CN(C)C(=O)CNC(=NCc1nnc2ccccn12)NC1CCCCC1. The van der Waals surface area contributed by atoms with Crippen LogP contribution in [0.3, 0.4) is 0 Å². The Morgan fingerprint density at radius 1 is 1.27 bits per heavy atom. The molecule has 0 unspecified atom stereocenters. The Bertz CT molecular complexity index is 762. The fraction of sp³-hybridized carbons (Fsp3) is 0.556. The Labute approximate surface area is 153 Å². The number of rotatable bonds is 5. The fourth-order valence-electron chi connectivity index (χ4n) is 3.06. The van der Waals surface area contributed by atoms with Gasteiger partial charge in [-0.1, -0.05) is 25.3 Å². The summed E-state index contributed by atoms with van der Waals surface area (Å²) in [5, 5.41) is 15.0. The molecule has 1 aliphatic carbocycles. The molecule has 2 aromatic rings. The van der Waals surface area contributed by atoms with Gasteiger partial charge in [0.1, 0.15) is 6.54 Å². The summed E-state index contributed by atoms with van der Waals surface area (Å²) >= 11 is 0. The molecule has 3 rings (SSSR count). The highest BCUT2D eigenvalue weighted by molar-refractivity contribution is 5.86. The third-order valence-corrected chi connectivity index (χ3v) is 4.61. The molecule has 1 saturated carbocycles. The number of nitrogens with one attached hydrogen (secondary N) is 2. The average molecular weight is 357 g/mol. The van der Waals surface area contributed by atoms with Crippen molar-refractivity contribution >= 4 is 17.5 Å². The zero-order chi connectivity index (χ0) is 18.4. The fourth-order valence-corrected chi connectivity index (χ4v) is 3.06. The minimum Gasteiger partial charge on any atom is -0.354 e. The lowest BCUT2D eigenvalue weighted by atomic mass is 9.96. The highest BCUT2D eigenvalue weighted by Crippen LogP contribution is 2.17. The zero-order valence-corrected chi connectivity index (χ0v) is 15.5. The molecule has 1 fully saturated rings. The summed E-state index contributed by atoms with van der Waals surface area (Å²) < 4.78 is 1.92. The van der Waals surface area contributed by atoms with Crippen molar-refractivity contribution < 1.29 is 4.79 Å². The predicted octanol–water partition coefficient (Wildman–Crippen LogP) is 1.19. The molecule has 1 amide bonds. The van der Waals surface area contributed by atoms with Gasteiger partial charge in [-0.25, -0.2) is 4.99 Å². The Morgan fingerprint density at radius 2 is 2.08 bits per heavy atom. The van der Waals surface area contributed by atoms with E-state index in [1.54, 1.807) is 19.0 Å². The van der Waals surface area contributed by atoms with E-state index in [1.807, 2.05) is 28.8 Å². The number of fused-ring (bicyclic) bond motifs is 1. The molecule has 140 valence electrons. The summed E-state index contributed by atoms with van der Waals surface area (Å²) in [4.78, 5) is 18.1. The van der Waals surface area contributed by atoms with Gasteiger partial charge in [-0.05, 0) is 25.0 Å². The van der Waals surface area contributed by atoms with Gasteiger partial charge in [0.2, 0.25) is 5.91 Å². The lowest BCUT2D eigenvalue weighted by molar-refractivity contribution is -0.127. The molecule has 0 atom stereocenters. The van der Waals surface area contributed by atoms with Crippen LogP contribution in [0.25, 0.3) is 5.65 Å². The monoisotopic (exact) mass is 357 g/mol. The van der Waals surface area contributed by atoms with E-state index in [4.69, 9.17) is 0 Å². The van der Waals surface area contributed by atoms with Gasteiger partial charge in [-0.3, -0.25) is 9.20 Å². The number of guanidine groups is 1. The molecule has 0 bridgehead atoms. The number of hydrogen-bond donors (Lipinski definition) is 2. The van der Waals surface area contributed by atoms with E-state index in [2.05, 4.69) is 25.8 Å². The lowest BCUT2D eigenvalue weighted by Crippen LogP contribution is -2.47. The molecular formula is C18H27N7O. The quantitative estimate of drug-likeness (QED) is 0.620. The molecule has 1 aliphatic rings. The number of carbonyl (C=O) groups is 1. The minimum atomic E-state index is 0.0103. The molecule has 2 heterocycles. The maximum absolute atomic E-state index is 11.9. The van der Waals surface area contributed by atoms with E-state index < -0.39 is 0 Å². The summed E-state index contributed by atoms with van der Waals surface area (Å²) in [7, 11) is 3.50. The Kier molecular flexibility index (Phi) is 6.04. The summed E-state index contributed by atoms with van der Waals surface area (Å²) in [6.45, 7) is 0.607. The van der Waals surface area contributed by atoms with E-state index in [1.165, 1.54) is 19.3 Å². The first-order valence-corrected chi connectivity index (χ1v) is 9.17. The first kappa shape index (κ1) is 18.2. The number of aliphatic imine (C=N–C) groups is 1. The Hall–Kier alpha value is -2.64. The van der Waals surface area contributed by atoms with Gasteiger partial charge < -0.3 is 15.5 Å². The van der Waals surface area contributed by atoms with Crippen LogP contribution in [0.4, 0.5) is 0 Å². The van der Waals surface area contributed by atoms with Gasteiger partial charge in [0.25, 0.3) is 0 Å². The number of nitrogens with zero attached hydrogens (tertiary/aromatic N) is 5. The maximum atomic E-state index is 11.9. The second kappa shape index (κ2) is 8.64. The van der Waals surface area contributed by atoms with Crippen molar-refractivity contribution in [3.63, 3.8) is 0 Å². The number of hydrogen-bond acceptors (Lipinski definition) is 4. The topological polar surface area (TPSA) is 86.9 Å². The van der Waals surface area contributed by atoms with Crippen molar-refractivity contribution in [1.29, 1.82) is 0 Å².